The molecule has 34 heavy (non-hydrogen) atoms. The Morgan fingerprint density at radius 3 is 2.59 bits per heavy atom. The minimum Gasteiger partial charge on any atom is -0.493 e. The predicted octanol–water partition coefficient (Wildman–Crippen LogP) is 7.24. The van der Waals surface area contributed by atoms with Gasteiger partial charge in [0.2, 0.25) is 0 Å². The van der Waals surface area contributed by atoms with Gasteiger partial charge < -0.3 is 14.0 Å². The molecule has 4 rings (SSSR count). The number of hydrogen-bond donors (Lipinski definition) is 0. The number of fused-ring (bicyclic) bond motifs is 1. The third-order valence-corrected chi connectivity index (χ3v) is 6.00. The van der Waals surface area contributed by atoms with Crippen molar-refractivity contribution in [1.29, 1.82) is 0 Å². The first kappa shape index (κ1) is 23.6. The molecule has 0 bridgehead atoms. The highest BCUT2D eigenvalue weighted by molar-refractivity contribution is 5.75. The predicted molar refractivity (Wildman–Crippen MR) is 140 cm³/mol. The fraction of sp³-hybridized carbons (Fsp3) is 0.300. The van der Waals surface area contributed by atoms with Gasteiger partial charge in [-0.05, 0) is 66.6 Å². The summed E-state index contributed by atoms with van der Waals surface area (Å²) in [6.45, 7) is 12.2. The van der Waals surface area contributed by atoms with Crippen LogP contribution in [0.5, 0.6) is 11.5 Å². The normalized spacial score (nSPS) is 11.2. The molecular weight excluding hydrogens is 420 g/mol. The molecule has 0 spiro atoms. The highest BCUT2D eigenvalue weighted by Gasteiger charge is 2.14. The van der Waals surface area contributed by atoms with Gasteiger partial charge in [0.05, 0.1) is 17.6 Å². The van der Waals surface area contributed by atoms with E-state index >= 15 is 0 Å². The molecule has 0 aliphatic rings. The van der Waals surface area contributed by atoms with Crippen LogP contribution in [0, 0.1) is 6.92 Å². The molecule has 4 nitrogen and oxygen atoms in total. The molecule has 0 unspecified atom stereocenters. The van der Waals surface area contributed by atoms with E-state index in [1.165, 1.54) is 16.7 Å². The number of ether oxygens (including phenoxy) is 2. The summed E-state index contributed by atoms with van der Waals surface area (Å²) in [6.07, 6.45) is 3.59. The van der Waals surface area contributed by atoms with Crippen LogP contribution in [0.4, 0.5) is 0 Å². The number of imidazole rings is 1. The van der Waals surface area contributed by atoms with Crippen LogP contribution in [0.2, 0.25) is 0 Å². The van der Waals surface area contributed by atoms with Gasteiger partial charge in [-0.2, -0.15) is 0 Å². The first-order valence-corrected chi connectivity index (χ1v) is 12.1. The van der Waals surface area contributed by atoms with Gasteiger partial charge in [0.15, 0.2) is 0 Å². The molecule has 0 aliphatic heterocycles. The zero-order chi connectivity index (χ0) is 23.9. The monoisotopic (exact) mass is 454 g/mol. The standard InChI is InChI=1S/C30H34N2O2/c1-5-11-24-12-6-9-15-28(24)33-19-10-18-32-27-14-8-7-13-26(27)31-30(32)21-34-29-20-23(4)16-17-25(29)22(2)3/h5-9,12-17,20,22H,1,10-11,18-19,21H2,2-4H3. The Kier molecular flexibility index (Phi) is 7.69. The maximum Gasteiger partial charge on any atom is 0.148 e. The highest BCUT2D eigenvalue weighted by Crippen LogP contribution is 2.28. The summed E-state index contributed by atoms with van der Waals surface area (Å²) >= 11 is 0. The minimum absolute atomic E-state index is 0.399. The van der Waals surface area contributed by atoms with Crippen LogP contribution in [-0.2, 0) is 19.6 Å². The fourth-order valence-electron chi connectivity index (χ4n) is 4.24. The smallest absolute Gasteiger partial charge is 0.148 e. The van der Waals surface area contributed by atoms with Gasteiger partial charge in [-0.15, -0.1) is 6.58 Å². The maximum absolute atomic E-state index is 6.33. The summed E-state index contributed by atoms with van der Waals surface area (Å²) < 4.78 is 14.7. The summed E-state index contributed by atoms with van der Waals surface area (Å²) in [5.74, 6) is 3.21. The Hall–Kier alpha value is -3.53. The molecule has 0 amide bonds. The highest BCUT2D eigenvalue weighted by atomic mass is 16.5. The lowest BCUT2D eigenvalue weighted by Gasteiger charge is -2.16. The zero-order valence-electron chi connectivity index (χ0n) is 20.5. The minimum atomic E-state index is 0.399. The molecule has 0 saturated heterocycles. The molecule has 0 N–H and O–H groups in total. The van der Waals surface area contributed by atoms with E-state index in [1.54, 1.807) is 0 Å². The van der Waals surface area contributed by atoms with E-state index in [2.05, 4.69) is 74.4 Å². The van der Waals surface area contributed by atoms with E-state index in [0.29, 0.717) is 19.1 Å². The number of aryl methyl sites for hydroxylation is 2. The van der Waals surface area contributed by atoms with Crippen LogP contribution >= 0.6 is 0 Å². The molecule has 1 aromatic heterocycles. The molecule has 0 atom stereocenters. The van der Waals surface area contributed by atoms with Crippen LogP contribution in [0.3, 0.4) is 0 Å². The van der Waals surface area contributed by atoms with E-state index in [1.807, 2.05) is 30.3 Å². The Morgan fingerprint density at radius 2 is 1.76 bits per heavy atom. The second-order valence-corrected chi connectivity index (χ2v) is 8.96. The van der Waals surface area contributed by atoms with Crippen LogP contribution in [0.25, 0.3) is 11.0 Å². The van der Waals surface area contributed by atoms with E-state index < -0.39 is 0 Å². The van der Waals surface area contributed by atoms with Crippen molar-refractivity contribution in [3.63, 3.8) is 0 Å². The van der Waals surface area contributed by atoms with Gasteiger partial charge in [-0.1, -0.05) is 62.4 Å². The van der Waals surface area contributed by atoms with Crippen LogP contribution in [-0.4, -0.2) is 16.2 Å². The van der Waals surface area contributed by atoms with Crippen LogP contribution in [0.1, 0.15) is 48.7 Å². The molecule has 0 saturated carbocycles. The number of benzene rings is 3. The first-order chi connectivity index (χ1) is 16.6. The Labute approximate surface area is 202 Å². The summed E-state index contributed by atoms with van der Waals surface area (Å²) in [5.41, 5.74) is 5.70. The summed E-state index contributed by atoms with van der Waals surface area (Å²) in [5, 5.41) is 0. The zero-order valence-corrected chi connectivity index (χ0v) is 20.5. The first-order valence-electron chi connectivity index (χ1n) is 12.1. The third-order valence-electron chi connectivity index (χ3n) is 6.00. The molecule has 1 heterocycles. The number of rotatable bonds is 11. The molecule has 4 heteroatoms. The number of allylic oxidation sites excluding steroid dienone is 1. The molecule has 3 aromatic carbocycles. The van der Waals surface area contributed by atoms with Crippen molar-refractivity contribution < 1.29 is 9.47 Å². The fourth-order valence-corrected chi connectivity index (χ4v) is 4.24. The summed E-state index contributed by atoms with van der Waals surface area (Å²) in [6, 6.07) is 22.9. The number of aromatic nitrogens is 2. The second kappa shape index (κ2) is 11.1. The van der Waals surface area contributed by atoms with Gasteiger partial charge in [-0.3, -0.25) is 0 Å². The Morgan fingerprint density at radius 1 is 0.971 bits per heavy atom. The van der Waals surface area contributed by atoms with Gasteiger partial charge in [0, 0.05) is 6.54 Å². The van der Waals surface area contributed by atoms with Crippen LogP contribution in [0.15, 0.2) is 79.4 Å². The second-order valence-electron chi connectivity index (χ2n) is 8.96. The number of nitrogens with zero attached hydrogens (tertiary/aromatic N) is 2. The number of hydrogen-bond acceptors (Lipinski definition) is 3. The summed E-state index contributed by atoms with van der Waals surface area (Å²) in [7, 11) is 0. The van der Waals surface area contributed by atoms with Crippen molar-refractivity contribution in [3.05, 3.63) is 102 Å². The van der Waals surface area contributed by atoms with Crippen molar-refractivity contribution in [3.8, 4) is 11.5 Å². The SMILES string of the molecule is C=CCc1ccccc1OCCCn1c(COc2cc(C)ccc2C(C)C)nc2ccccc21. The van der Waals surface area contributed by atoms with E-state index in [-0.39, 0.29) is 0 Å². The van der Waals surface area contributed by atoms with Gasteiger partial charge in [0.1, 0.15) is 23.9 Å². The topological polar surface area (TPSA) is 36.3 Å². The van der Waals surface area contributed by atoms with Gasteiger partial charge in [-0.25, -0.2) is 4.98 Å². The quantitative estimate of drug-likeness (QED) is 0.177. The molecular formula is C30H34N2O2. The van der Waals surface area contributed by atoms with E-state index in [0.717, 1.165) is 47.7 Å². The van der Waals surface area contributed by atoms with Crippen molar-refractivity contribution >= 4 is 11.0 Å². The van der Waals surface area contributed by atoms with Crippen molar-refractivity contribution in [2.75, 3.05) is 6.61 Å². The largest absolute Gasteiger partial charge is 0.493 e. The van der Waals surface area contributed by atoms with Gasteiger partial charge in [0.25, 0.3) is 0 Å². The lowest BCUT2D eigenvalue weighted by Crippen LogP contribution is -2.11. The average Bonchev–Trinajstić information content (AvgIpc) is 3.19. The molecule has 0 fully saturated rings. The van der Waals surface area contributed by atoms with Crippen molar-refractivity contribution in [2.45, 2.75) is 52.7 Å². The Bertz CT molecular complexity index is 1260. The van der Waals surface area contributed by atoms with Crippen molar-refractivity contribution in [1.82, 2.24) is 9.55 Å². The van der Waals surface area contributed by atoms with Gasteiger partial charge >= 0.3 is 0 Å². The molecule has 176 valence electrons. The van der Waals surface area contributed by atoms with Crippen LogP contribution < -0.4 is 9.47 Å². The lowest BCUT2D eigenvalue weighted by atomic mass is 10.0. The molecule has 0 aliphatic carbocycles. The van der Waals surface area contributed by atoms with E-state index in [4.69, 9.17) is 14.5 Å². The van der Waals surface area contributed by atoms with Crippen molar-refractivity contribution in [2.24, 2.45) is 0 Å². The molecule has 0 radical (unpaired) electrons. The maximum atomic E-state index is 6.33. The third kappa shape index (κ3) is 5.51. The lowest BCUT2D eigenvalue weighted by molar-refractivity contribution is 0.277. The van der Waals surface area contributed by atoms with E-state index in [9.17, 15) is 0 Å². The number of para-hydroxylation sites is 3. The molecule has 4 aromatic rings. The Balaban J connectivity index is 1.48. The summed E-state index contributed by atoms with van der Waals surface area (Å²) in [4.78, 5) is 4.89. The average molecular weight is 455 g/mol.